The third kappa shape index (κ3) is 35.6. The van der Waals surface area contributed by atoms with Gasteiger partial charge in [-0.1, -0.05) is 0 Å². The van der Waals surface area contributed by atoms with Gasteiger partial charge in [0.05, 0.1) is 14.4 Å². The van der Waals surface area contributed by atoms with Gasteiger partial charge in [-0.05, 0) is 71.0 Å². The molecule has 0 aromatic rings. The van der Waals surface area contributed by atoms with Crippen molar-refractivity contribution in [2.24, 2.45) is 5.73 Å². The third-order valence-corrected chi connectivity index (χ3v) is 2.53. The Bertz CT molecular complexity index is 1330. The Morgan fingerprint density at radius 3 is 1.64 bits per heavy atom. The van der Waals surface area contributed by atoms with Crippen LogP contribution in [0, 0.1) is 95.7 Å². The number of rotatable bonds is 6. The van der Waals surface area contributed by atoms with E-state index in [1.165, 1.54) is 6.92 Å². The predicted octanol–water partition coefficient (Wildman–Crippen LogP) is -4.99. The normalized spacial score (nSPS) is 7.92. The number of nitrogens with two attached hydrogens (primary N) is 1. The van der Waals surface area contributed by atoms with Crippen LogP contribution in [0.15, 0.2) is 0 Å². The molecule has 0 radical (unpaired) electrons. The van der Waals surface area contributed by atoms with Crippen molar-refractivity contribution in [1.29, 1.82) is 0 Å². The zero-order valence-corrected chi connectivity index (χ0v) is 24.2. The Morgan fingerprint density at radius 1 is 0.833 bits per heavy atom. The summed E-state index contributed by atoms with van der Waals surface area (Å²) in [4.78, 5) is 53.4. The van der Waals surface area contributed by atoms with E-state index in [4.69, 9.17) is 17.6 Å². The van der Waals surface area contributed by atoms with Gasteiger partial charge in [-0.2, -0.15) is 0 Å². The van der Waals surface area contributed by atoms with Gasteiger partial charge in [0, 0.05) is 41.6 Å². The second-order valence-electron chi connectivity index (χ2n) is 4.77. The Kier molecular flexibility index (Phi) is 29.7. The van der Waals surface area contributed by atoms with Gasteiger partial charge in [0.25, 0.3) is 0 Å². The summed E-state index contributed by atoms with van der Waals surface area (Å²) in [6.45, 7) is -0.302. The average molecular weight is 556 g/mol. The van der Waals surface area contributed by atoms with Crippen molar-refractivity contribution in [1.82, 2.24) is 0 Å². The zero-order chi connectivity index (χ0) is 26.2. The number of terminal acetylenes is 2. The average Bonchev–Trinajstić information content (AvgIpc) is 2.74. The van der Waals surface area contributed by atoms with E-state index in [9.17, 15) is 28.7 Å². The molecular weight excluding hydrogens is 511 g/mol. The van der Waals surface area contributed by atoms with Crippen LogP contribution in [-0.4, -0.2) is 37.2 Å². The van der Waals surface area contributed by atoms with Gasteiger partial charge in [-0.3, -0.25) is 4.79 Å². The molecule has 1 amide bonds. The number of ether oxygens (including phenoxy) is 2. The monoisotopic (exact) mass is 555 g/mol. The number of hydrogen-bond acceptors (Lipinski definition) is 9. The smallest absolute Gasteiger partial charge is 0.790 e. The number of phosphoric acid groups is 1. The van der Waals surface area contributed by atoms with Crippen molar-refractivity contribution in [2.45, 2.75) is 13.0 Å². The molecule has 0 spiro atoms. The molecule has 10 nitrogen and oxygen atoms in total. The number of carbonyl (C=O) groups is 3. The fourth-order valence-electron chi connectivity index (χ4n) is 1.10. The summed E-state index contributed by atoms with van der Waals surface area (Å²) in [5.74, 6) is 27.2. The van der Waals surface area contributed by atoms with Crippen molar-refractivity contribution in [3.8, 4) is 95.7 Å². The van der Waals surface area contributed by atoms with E-state index in [0.29, 0.717) is 0 Å². The Morgan fingerprint density at radius 2 is 1.22 bits per heavy atom. The van der Waals surface area contributed by atoms with Crippen LogP contribution >= 0.6 is 7.82 Å². The number of amides is 1. The van der Waals surface area contributed by atoms with E-state index in [2.05, 4.69) is 74.2 Å². The van der Waals surface area contributed by atoms with Crippen LogP contribution in [0.25, 0.3) is 0 Å². The molecule has 0 fully saturated rings. The van der Waals surface area contributed by atoms with E-state index < -0.39 is 39.1 Å². The summed E-state index contributed by atoms with van der Waals surface area (Å²) < 4.78 is 24.0. The fraction of sp³-hybridized carbons (Fsp3) is 0.174. The topological polar surface area (TPSA) is 168 Å². The molecule has 0 aliphatic carbocycles. The fourth-order valence-corrected chi connectivity index (χ4v) is 1.45. The van der Waals surface area contributed by atoms with Crippen molar-refractivity contribution in [2.75, 3.05) is 13.2 Å². The molecule has 0 saturated heterocycles. The van der Waals surface area contributed by atoms with E-state index in [0.717, 1.165) is 0 Å². The molecule has 0 bridgehead atoms. The molecule has 0 aromatic heterocycles. The van der Waals surface area contributed by atoms with Crippen molar-refractivity contribution >= 4 is 25.7 Å². The SMILES string of the molecule is C#CC#CC#CC#CC(=O)OC[C@H](COP(=O)([O-])[O-])OC(=O)C#CC#CC#CC#C.CC(N)=O.[HH].[HH].[HH].[HH].[HH].[HH].[HH].[HH].[HH].[HH].[HH].[HH].[HH].[HH].[HH].[HH].[Na+].[Na+]. The minimum absolute atomic E-state index is 0. The molecular formula is C23H44NNa2O9P. The minimum atomic E-state index is -5.37. The van der Waals surface area contributed by atoms with Gasteiger partial charge >= 0.3 is 71.1 Å². The first kappa shape index (κ1) is 40.2. The molecule has 202 valence electrons. The third-order valence-electron chi connectivity index (χ3n) is 2.07. The molecule has 2 N–H and O–H groups in total. The van der Waals surface area contributed by atoms with Crippen molar-refractivity contribution in [3.05, 3.63) is 0 Å². The molecule has 1 atom stereocenters. The van der Waals surface area contributed by atoms with Gasteiger partial charge in [-0.15, -0.1) is 12.8 Å². The van der Waals surface area contributed by atoms with Crippen LogP contribution in [0.1, 0.15) is 29.7 Å². The largest absolute Gasteiger partial charge is 1.00 e. The number of carbonyl (C=O) groups excluding carboxylic acids is 3. The number of esters is 2. The summed E-state index contributed by atoms with van der Waals surface area (Å²) in [7, 11) is -5.37. The van der Waals surface area contributed by atoms with Crippen molar-refractivity contribution < 1.29 is 125 Å². The van der Waals surface area contributed by atoms with E-state index >= 15 is 0 Å². The van der Waals surface area contributed by atoms with Gasteiger partial charge in [0.15, 0.2) is 6.10 Å². The summed E-state index contributed by atoms with van der Waals surface area (Å²) in [6, 6.07) is 0. The summed E-state index contributed by atoms with van der Waals surface area (Å²) in [6.07, 6.45) is 8.26. The van der Waals surface area contributed by atoms with Crippen LogP contribution in [-0.2, 0) is 32.9 Å². The van der Waals surface area contributed by atoms with E-state index in [-0.39, 0.29) is 87.8 Å². The van der Waals surface area contributed by atoms with Gasteiger partial charge in [-0.25, -0.2) is 9.59 Å². The maximum Gasteiger partial charge on any atom is 1.00 e. The van der Waals surface area contributed by atoms with Gasteiger partial charge < -0.3 is 34.1 Å². The second-order valence-corrected chi connectivity index (χ2v) is 5.92. The molecule has 0 rings (SSSR count). The summed E-state index contributed by atoms with van der Waals surface area (Å²) >= 11 is 0. The Hall–Kier alpha value is -3.00. The molecule has 36 heavy (non-hydrogen) atoms. The summed E-state index contributed by atoms with van der Waals surface area (Å²) in [5.41, 5.74) is 4.47. The summed E-state index contributed by atoms with van der Waals surface area (Å²) in [5, 5.41) is 0. The first-order valence-electron chi connectivity index (χ1n) is 8.25. The first-order valence-corrected chi connectivity index (χ1v) is 9.71. The van der Waals surface area contributed by atoms with Crippen LogP contribution in [0.5, 0.6) is 0 Å². The minimum Gasteiger partial charge on any atom is -0.790 e. The number of hydrogen-bond donors (Lipinski definition) is 1. The zero-order valence-electron chi connectivity index (χ0n) is 19.3. The number of primary amides is 1. The maximum atomic E-state index is 11.6. The molecule has 0 unspecified atom stereocenters. The first-order chi connectivity index (χ1) is 16.0. The van der Waals surface area contributed by atoms with E-state index in [1.54, 1.807) is 0 Å². The van der Waals surface area contributed by atoms with Crippen molar-refractivity contribution in [3.63, 3.8) is 0 Å². The van der Waals surface area contributed by atoms with E-state index in [1.807, 2.05) is 23.7 Å². The van der Waals surface area contributed by atoms with Gasteiger partial charge in [0.2, 0.25) is 5.91 Å². The van der Waals surface area contributed by atoms with Gasteiger partial charge in [0.1, 0.15) is 6.61 Å². The standard InChI is InChI=1S/C21H9O8P.C2H5NO.2Na.16H2/c1-3-5-7-9-11-13-15-20(22)27-17-19(18-28-30(24,25)26)29-21(23)16-14-12-10-8-6-4-2;1-2(3)4;;;;;;;;;;;;;;;;;;/h1-2,19H,17-18H2,(H2,24,25,26);1H3,(H2,3,4);;;16*1H/q;;2*+1;;;;;;;;;;;;;;;;/p-2/t19-;;;;;;;;;;;;;;;;;;;/m1.................../s1. The maximum absolute atomic E-state index is 11.6. The quantitative estimate of drug-likeness (QED) is 0.111. The predicted molar refractivity (Wildman–Crippen MR) is 147 cm³/mol. The second kappa shape index (κ2) is 26.6. The van der Waals surface area contributed by atoms with Crippen LogP contribution in [0.2, 0.25) is 0 Å². The number of phosphoric ester groups is 1. The molecule has 0 aliphatic rings. The molecule has 0 aliphatic heterocycles. The van der Waals surface area contributed by atoms with Crippen LogP contribution in [0.3, 0.4) is 0 Å². The Labute approximate surface area is 277 Å². The molecule has 0 aromatic carbocycles. The molecule has 0 heterocycles. The van der Waals surface area contributed by atoms with Crippen LogP contribution in [0.4, 0.5) is 0 Å². The Balaban J connectivity index is -0.0000000245. The molecule has 0 saturated carbocycles. The van der Waals surface area contributed by atoms with Crippen LogP contribution < -0.4 is 74.6 Å². The molecule has 13 heteroatoms.